The van der Waals surface area contributed by atoms with E-state index in [1.165, 1.54) is 0 Å². The van der Waals surface area contributed by atoms with Crippen LogP contribution in [0.1, 0.15) is 19.8 Å². The number of ether oxygens (including phenoxy) is 2. The van der Waals surface area contributed by atoms with E-state index in [1.807, 2.05) is 36.4 Å². The number of nitrogen functional groups attached to an aromatic ring is 2. The highest BCUT2D eigenvalue weighted by atomic mass is 16.5. The monoisotopic (exact) mass is 416 g/mol. The van der Waals surface area contributed by atoms with Crippen LogP contribution in [0, 0.1) is 0 Å². The van der Waals surface area contributed by atoms with Gasteiger partial charge in [-0.2, -0.15) is 0 Å². The van der Waals surface area contributed by atoms with Gasteiger partial charge < -0.3 is 36.1 Å². The molecule has 0 atom stereocenters. The van der Waals surface area contributed by atoms with Crippen LogP contribution in [0.5, 0.6) is 11.5 Å². The van der Waals surface area contributed by atoms with Crippen LogP contribution >= 0.6 is 0 Å². The summed E-state index contributed by atoms with van der Waals surface area (Å²) in [6.07, 6.45) is 2.19. The van der Waals surface area contributed by atoms with Gasteiger partial charge in [0.1, 0.15) is 11.5 Å². The summed E-state index contributed by atoms with van der Waals surface area (Å²) in [5.41, 5.74) is 15.1. The van der Waals surface area contributed by atoms with Crippen molar-refractivity contribution in [3.63, 3.8) is 0 Å². The Morgan fingerprint density at radius 2 is 1.23 bits per heavy atom. The number of quaternary nitrogens is 1. The maximum atomic E-state index is 5.87. The Morgan fingerprint density at radius 3 is 1.60 bits per heavy atom. The normalized spacial score (nSPS) is 11.2. The smallest absolute Gasteiger partial charge is 0.143 e. The highest BCUT2D eigenvalue weighted by Gasteiger charge is 2.18. The predicted molar refractivity (Wildman–Crippen MR) is 127 cm³/mol. The third-order valence-electron chi connectivity index (χ3n) is 5.64. The van der Waals surface area contributed by atoms with Gasteiger partial charge in [-0.3, -0.25) is 0 Å². The molecule has 2 rings (SSSR count). The highest BCUT2D eigenvalue weighted by Crippen LogP contribution is 2.25. The maximum absolute atomic E-state index is 5.87. The minimum absolute atomic E-state index is 0.657. The van der Waals surface area contributed by atoms with Crippen LogP contribution < -0.4 is 31.6 Å². The Bertz CT molecular complexity index is 736. The molecule has 0 heterocycles. The Morgan fingerprint density at radius 1 is 0.800 bits per heavy atom. The summed E-state index contributed by atoms with van der Waals surface area (Å²) in [4.78, 5) is 0. The molecule has 6 N–H and O–H groups in total. The summed E-state index contributed by atoms with van der Waals surface area (Å²) >= 11 is 0. The van der Waals surface area contributed by atoms with Gasteiger partial charge in [0, 0.05) is 49.4 Å². The predicted octanol–water partition coefficient (Wildman–Crippen LogP) is 3.64. The van der Waals surface area contributed by atoms with Crippen molar-refractivity contribution in [2.75, 3.05) is 76.1 Å². The van der Waals surface area contributed by atoms with Gasteiger partial charge in [0.15, 0.2) is 0 Å². The van der Waals surface area contributed by atoms with Crippen molar-refractivity contribution in [1.29, 1.82) is 0 Å². The minimum Gasteiger partial charge on any atom is -0.495 e. The molecule has 0 saturated heterocycles. The van der Waals surface area contributed by atoms with Crippen molar-refractivity contribution < 1.29 is 14.0 Å². The average molecular weight is 417 g/mol. The van der Waals surface area contributed by atoms with E-state index < -0.39 is 0 Å². The second-order valence-electron chi connectivity index (χ2n) is 7.86. The Kier molecular flexibility index (Phi) is 8.92. The third-order valence-corrected chi connectivity index (χ3v) is 5.64. The van der Waals surface area contributed by atoms with Gasteiger partial charge in [0.2, 0.25) is 0 Å². The molecule has 2 aromatic rings. The number of nitrogens with two attached hydrogens (primary N) is 2. The molecule has 0 unspecified atom stereocenters. The van der Waals surface area contributed by atoms with Crippen molar-refractivity contribution >= 4 is 22.7 Å². The molecule has 0 radical (unpaired) electrons. The molecule has 0 bridgehead atoms. The number of benzene rings is 2. The minimum atomic E-state index is 0.657. The van der Waals surface area contributed by atoms with Gasteiger partial charge in [-0.05, 0) is 31.2 Å². The van der Waals surface area contributed by atoms with Crippen LogP contribution in [0.25, 0.3) is 0 Å². The van der Waals surface area contributed by atoms with E-state index in [0.717, 1.165) is 61.4 Å². The van der Waals surface area contributed by atoms with E-state index in [4.69, 9.17) is 20.9 Å². The molecule has 0 aliphatic heterocycles. The number of rotatable bonds is 13. The standard InChI is InChI=1S/C23H38N5O2/c1-5-28(2,14-6-12-26-18-8-10-20(24)22(16-18)29-3)15-7-13-27-19-9-11-21(25)23(17-19)30-4/h8-11,16-17,26-27H,5-7,12-15,24-25H2,1-4H3/q+1. The first-order valence-corrected chi connectivity index (χ1v) is 10.6. The maximum Gasteiger partial charge on any atom is 0.143 e. The lowest BCUT2D eigenvalue weighted by molar-refractivity contribution is -0.907. The molecule has 0 amide bonds. The summed E-state index contributed by atoms with van der Waals surface area (Å²) in [6, 6.07) is 11.6. The van der Waals surface area contributed by atoms with Crippen molar-refractivity contribution in [2.45, 2.75) is 19.8 Å². The van der Waals surface area contributed by atoms with Crippen molar-refractivity contribution in [1.82, 2.24) is 0 Å². The fourth-order valence-electron chi connectivity index (χ4n) is 3.46. The van der Waals surface area contributed by atoms with Crippen LogP contribution in [0.4, 0.5) is 22.7 Å². The van der Waals surface area contributed by atoms with Gasteiger partial charge in [-0.15, -0.1) is 0 Å². The molecule has 0 aliphatic rings. The number of anilines is 4. The topological polar surface area (TPSA) is 94.6 Å². The Hall–Kier alpha value is -2.80. The van der Waals surface area contributed by atoms with Crippen molar-refractivity contribution in [2.24, 2.45) is 0 Å². The number of nitrogens with one attached hydrogen (secondary N) is 2. The largest absolute Gasteiger partial charge is 0.495 e. The number of hydrogen-bond donors (Lipinski definition) is 4. The van der Waals surface area contributed by atoms with Gasteiger partial charge in [0.25, 0.3) is 0 Å². The van der Waals surface area contributed by atoms with Crippen molar-refractivity contribution in [3.05, 3.63) is 36.4 Å². The summed E-state index contributed by atoms with van der Waals surface area (Å²) in [6.45, 7) is 7.48. The molecule has 7 nitrogen and oxygen atoms in total. The SMILES string of the molecule is CC[N+](C)(CCCNc1ccc(N)c(OC)c1)CCCNc1ccc(N)c(OC)c1. The fraction of sp³-hybridized carbons (Fsp3) is 0.478. The number of methoxy groups -OCH3 is 2. The Balaban J connectivity index is 1.72. The molecular formula is C23H38N5O2+. The van der Waals surface area contributed by atoms with Crippen LogP contribution in [-0.2, 0) is 0 Å². The second-order valence-corrected chi connectivity index (χ2v) is 7.86. The molecule has 30 heavy (non-hydrogen) atoms. The lowest BCUT2D eigenvalue weighted by atomic mass is 10.2. The highest BCUT2D eigenvalue weighted by molar-refractivity contribution is 5.62. The molecule has 0 saturated carbocycles. The summed E-state index contributed by atoms with van der Waals surface area (Å²) in [7, 11) is 5.61. The lowest BCUT2D eigenvalue weighted by Gasteiger charge is -2.33. The number of nitrogens with zero attached hydrogens (tertiary/aromatic N) is 1. The van der Waals surface area contributed by atoms with Crippen LogP contribution in [0.15, 0.2) is 36.4 Å². The molecule has 2 aromatic carbocycles. The zero-order valence-corrected chi connectivity index (χ0v) is 18.8. The van der Waals surface area contributed by atoms with Crippen LogP contribution in [0.2, 0.25) is 0 Å². The Labute approximate surface area is 180 Å². The van der Waals surface area contributed by atoms with E-state index in [9.17, 15) is 0 Å². The first-order valence-electron chi connectivity index (χ1n) is 10.6. The van der Waals surface area contributed by atoms with Gasteiger partial charge in [-0.1, -0.05) is 0 Å². The lowest BCUT2D eigenvalue weighted by Crippen LogP contribution is -2.46. The molecule has 166 valence electrons. The summed E-state index contributed by atoms with van der Waals surface area (Å²) in [5, 5.41) is 6.93. The van der Waals surface area contributed by atoms with E-state index in [2.05, 4.69) is 24.6 Å². The average Bonchev–Trinajstić information content (AvgIpc) is 2.76. The first kappa shape index (κ1) is 23.5. The summed E-state index contributed by atoms with van der Waals surface area (Å²) < 4.78 is 11.6. The molecule has 7 heteroatoms. The van der Waals surface area contributed by atoms with E-state index in [0.29, 0.717) is 22.9 Å². The summed E-state index contributed by atoms with van der Waals surface area (Å²) in [5.74, 6) is 1.42. The molecule has 0 aromatic heterocycles. The van der Waals surface area contributed by atoms with Crippen LogP contribution in [0.3, 0.4) is 0 Å². The van der Waals surface area contributed by atoms with Gasteiger partial charge in [-0.25, -0.2) is 0 Å². The zero-order valence-electron chi connectivity index (χ0n) is 18.8. The van der Waals surface area contributed by atoms with Gasteiger partial charge >= 0.3 is 0 Å². The molecule has 0 fully saturated rings. The molecule has 0 spiro atoms. The third kappa shape index (κ3) is 6.91. The fourth-order valence-corrected chi connectivity index (χ4v) is 3.46. The van der Waals surface area contributed by atoms with Crippen molar-refractivity contribution in [3.8, 4) is 11.5 Å². The molecule has 0 aliphatic carbocycles. The molecular weight excluding hydrogens is 378 g/mol. The van der Waals surface area contributed by atoms with Crippen LogP contribution in [-0.4, -0.2) is 58.5 Å². The van der Waals surface area contributed by atoms with Gasteiger partial charge in [0.05, 0.1) is 52.3 Å². The number of hydrogen-bond acceptors (Lipinski definition) is 6. The van der Waals surface area contributed by atoms with E-state index in [-0.39, 0.29) is 0 Å². The first-order chi connectivity index (χ1) is 14.4. The van der Waals surface area contributed by atoms with E-state index in [1.54, 1.807) is 14.2 Å². The van der Waals surface area contributed by atoms with E-state index >= 15 is 0 Å². The quantitative estimate of drug-likeness (QED) is 0.226. The second kappa shape index (κ2) is 11.4. The zero-order chi connectivity index (χ0) is 22.0.